The molecule has 0 aliphatic heterocycles. The lowest BCUT2D eigenvalue weighted by Crippen LogP contribution is -1.84. The third kappa shape index (κ3) is 1.97. The fourth-order valence-corrected chi connectivity index (χ4v) is 1.93. The molecule has 1 heterocycles. The largest absolute Gasteiger partial charge is 0.453 e. The van der Waals surface area contributed by atoms with Gasteiger partial charge in [0.15, 0.2) is 12.0 Å². The molecule has 0 spiro atoms. The summed E-state index contributed by atoms with van der Waals surface area (Å²) in [7, 11) is 0. The first-order valence-corrected chi connectivity index (χ1v) is 5.61. The molecule has 0 aliphatic rings. The van der Waals surface area contributed by atoms with Gasteiger partial charge in [-0.3, -0.25) is 4.79 Å². The Morgan fingerprint density at radius 3 is 2.73 bits per heavy atom. The summed E-state index contributed by atoms with van der Waals surface area (Å²) in [5.74, 6) is 1.11. The van der Waals surface area contributed by atoms with Gasteiger partial charge in [0.05, 0.1) is 0 Å². The SMILES string of the molecule is Cc1c(I)cccc1-c1ccc(C=O)o1. The van der Waals surface area contributed by atoms with Crippen molar-refractivity contribution in [2.24, 2.45) is 0 Å². The zero-order valence-electron chi connectivity index (χ0n) is 8.16. The second-order valence-corrected chi connectivity index (χ2v) is 4.39. The first-order chi connectivity index (χ1) is 7.22. The summed E-state index contributed by atoms with van der Waals surface area (Å²) < 4.78 is 6.57. The Kier molecular flexibility index (Phi) is 2.90. The number of furan rings is 1. The number of carbonyl (C=O) groups is 1. The first-order valence-electron chi connectivity index (χ1n) is 4.53. The highest BCUT2D eigenvalue weighted by molar-refractivity contribution is 14.1. The van der Waals surface area contributed by atoms with Crippen molar-refractivity contribution in [2.45, 2.75) is 6.92 Å². The molecule has 0 unspecified atom stereocenters. The van der Waals surface area contributed by atoms with Gasteiger partial charge in [-0.25, -0.2) is 0 Å². The second-order valence-electron chi connectivity index (χ2n) is 3.23. The Labute approximate surface area is 101 Å². The summed E-state index contributed by atoms with van der Waals surface area (Å²) in [5.41, 5.74) is 2.21. The Bertz CT molecular complexity index is 500. The molecular weight excluding hydrogens is 303 g/mol. The van der Waals surface area contributed by atoms with Gasteiger partial charge in [0.2, 0.25) is 0 Å². The maximum absolute atomic E-state index is 10.5. The van der Waals surface area contributed by atoms with E-state index in [9.17, 15) is 4.79 Å². The van der Waals surface area contributed by atoms with Crippen molar-refractivity contribution >= 4 is 28.9 Å². The Hall–Kier alpha value is -1.10. The molecule has 15 heavy (non-hydrogen) atoms. The molecule has 1 aromatic heterocycles. The predicted octanol–water partition coefficient (Wildman–Crippen LogP) is 3.67. The van der Waals surface area contributed by atoms with Gasteiger partial charge in [0, 0.05) is 9.13 Å². The van der Waals surface area contributed by atoms with Gasteiger partial charge < -0.3 is 4.42 Å². The highest BCUT2D eigenvalue weighted by atomic mass is 127. The molecule has 0 fully saturated rings. The van der Waals surface area contributed by atoms with Gasteiger partial charge in [0.25, 0.3) is 0 Å². The van der Waals surface area contributed by atoms with E-state index in [4.69, 9.17) is 4.42 Å². The smallest absolute Gasteiger partial charge is 0.185 e. The van der Waals surface area contributed by atoms with E-state index in [0.29, 0.717) is 12.0 Å². The molecular formula is C12H9IO2. The molecule has 2 aromatic rings. The molecule has 0 radical (unpaired) electrons. The Morgan fingerprint density at radius 1 is 1.27 bits per heavy atom. The highest BCUT2D eigenvalue weighted by Crippen LogP contribution is 2.27. The van der Waals surface area contributed by atoms with Crippen LogP contribution in [0.1, 0.15) is 16.1 Å². The van der Waals surface area contributed by atoms with Crippen LogP contribution in [0.5, 0.6) is 0 Å². The van der Waals surface area contributed by atoms with Crippen LogP contribution >= 0.6 is 22.6 Å². The molecule has 0 aliphatic carbocycles. The molecule has 1 aromatic carbocycles. The summed E-state index contributed by atoms with van der Waals surface area (Å²) in [6, 6.07) is 9.52. The van der Waals surface area contributed by atoms with Crippen molar-refractivity contribution in [3.05, 3.63) is 45.2 Å². The zero-order valence-corrected chi connectivity index (χ0v) is 10.3. The van der Waals surface area contributed by atoms with Crippen LogP contribution in [0.2, 0.25) is 0 Å². The lowest BCUT2D eigenvalue weighted by molar-refractivity contribution is 0.110. The van der Waals surface area contributed by atoms with Crippen LogP contribution in [-0.4, -0.2) is 6.29 Å². The summed E-state index contributed by atoms with van der Waals surface area (Å²) in [5, 5.41) is 0. The molecule has 0 amide bonds. The number of hydrogen-bond donors (Lipinski definition) is 0. The van der Waals surface area contributed by atoms with E-state index >= 15 is 0 Å². The van der Waals surface area contributed by atoms with E-state index in [-0.39, 0.29) is 0 Å². The van der Waals surface area contributed by atoms with Crippen molar-refractivity contribution in [1.82, 2.24) is 0 Å². The van der Waals surface area contributed by atoms with Gasteiger partial charge in [-0.05, 0) is 53.3 Å². The minimum atomic E-state index is 0.364. The first kappa shape index (κ1) is 10.4. The lowest BCUT2D eigenvalue weighted by atomic mass is 10.1. The fourth-order valence-electron chi connectivity index (χ4n) is 1.44. The maximum atomic E-state index is 10.5. The standard InChI is InChI=1S/C12H9IO2/c1-8-10(3-2-4-11(8)13)12-6-5-9(7-14)15-12/h2-7H,1H3. The molecule has 2 rings (SSSR count). The number of carbonyl (C=O) groups excluding carboxylic acids is 1. The van der Waals surface area contributed by atoms with Gasteiger partial charge in [-0.15, -0.1) is 0 Å². The Morgan fingerprint density at radius 2 is 2.07 bits per heavy atom. The third-order valence-corrected chi connectivity index (χ3v) is 3.44. The van der Waals surface area contributed by atoms with E-state index < -0.39 is 0 Å². The van der Waals surface area contributed by atoms with Gasteiger partial charge in [-0.1, -0.05) is 12.1 Å². The number of hydrogen-bond acceptors (Lipinski definition) is 2. The Balaban J connectivity index is 2.53. The highest BCUT2D eigenvalue weighted by Gasteiger charge is 2.08. The average Bonchev–Trinajstić information content (AvgIpc) is 2.70. The van der Waals surface area contributed by atoms with Gasteiger partial charge in [0.1, 0.15) is 5.76 Å². The minimum absolute atomic E-state index is 0.364. The molecule has 0 atom stereocenters. The zero-order chi connectivity index (χ0) is 10.8. The summed E-state index contributed by atoms with van der Waals surface area (Å²) in [4.78, 5) is 10.5. The van der Waals surface area contributed by atoms with Crippen molar-refractivity contribution in [1.29, 1.82) is 0 Å². The molecule has 3 heteroatoms. The maximum Gasteiger partial charge on any atom is 0.185 e. The average molecular weight is 312 g/mol. The number of halogens is 1. The number of aldehydes is 1. The third-order valence-electron chi connectivity index (χ3n) is 2.28. The summed E-state index contributed by atoms with van der Waals surface area (Å²) in [6.45, 7) is 2.04. The topological polar surface area (TPSA) is 30.2 Å². The lowest BCUT2D eigenvalue weighted by Gasteiger charge is -2.03. The van der Waals surface area contributed by atoms with Crippen LogP contribution in [0.3, 0.4) is 0 Å². The molecule has 0 saturated heterocycles. The van der Waals surface area contributed by atoms with Crippen LogP contribution < -0.4 is 0 Å². The van der Waals surface area contributed by atoms with E-state index in [1.165, 1.54) is 9.13 Å². The number of benzene rings is 1. The number of rotatable bonds is 2. The monoisotopic (exact) mass is 312 g/mol. The van der Waals surface area contributed by atoms with Gasteiger partial charge >= 0.3 is 0 Å². The van der Waals surface area contributed by atoms with Crippen LogP contribution in [0.4, 0.5) is 0 Å². The summed E-state index contributed by atoms with van der Waals surface area (Å²) >= 11 is 2.28. The van der Waals surface area contributed by atoms with E-state index in [1.807, 2.05) is 31.2 Å². The van der Waals surface area contributed by atoms with E-state index in [1.54, 1.807) is 6.07 Å². The normalized spacial score (nSPS) is 10.3. The molecule has 76 valence electrons. The van der Waals surface area contributed by atoms with Crippen LogP contribution in [-0.2, 0) is 0 Å². The van der Waals surface area contributed by atoms with Crippen molar-refractivity contribution in [3.8, 4) is 11.3 Å². The van der Waals surface area contributed by atoms with Crippen molar-refractivity contribution in [2.75, 3.05) is 0 Å². The van der Waals surface area contributed by atoms with Crippen LogP contribution in [0.15, 0.2) is 34.7 Å². The fraction of sp³-hybridized carbons (Fsp3) is 0.0833. The summed E-state index contributed by atoms with van der Waals surface area (Å²) in [6.07, 6.45) is 0.715. The molecule has 0 N–H and O–H groups in total. The van der Waals surface area contributed by atoms with Crippen LogP contribution in [0, 0.1) is 10.5 Å². The quantitative estimate of drug-likeness (QED) is 0.625. The van der Waals surface area contributed by atoms with Crippen molar-refractivity contribution in [3.63, 3.8) is 0 Å². The van der Waals surface area contributed by atoms with E-state index in [2.05, 4.69) is 22.6 Å². The molecule has 0 bridgehead atoms. The molecule has 0 saturated carbocycles. The second kappa shape index (κ2) is 4.18. The van der Waals surface area contributed by atoms with Gasteiger partial charge in [-0.2, -0.15) is 0 Å². The predicted molar refractivity (Wildman–Crippen MR) is 67.0 cm³/mol. The van der Waals surface area contributed by atoms with E-state index in [0.717, 1.165) is 11.3 Å². The molecule has 2 nitrogen and oxygen atoms in total. The minimum Gasteiger partial charge on any atom is -0.453 e. The van der Waals surface area contributed by atoms with Crippen molar-refractivity contribution < 1.29 is 9.21 Å². The van der Waals surface area contributed by atoms with Crippen LogP contribution in [0.25, 0.3) is 11.3 Å².